The molecule has 0 fully saturated rings. The fourth-order valence-electron chi connectivity index (χ4n) is 9.82. The van der Waals surface area contributed by atoms with Crippen LogP contribution >= 0.6 is 0 Å². The van der Waals surface area contributed by atoms with Gasteiger partial charge in [0, 0.05) is 16.5 Å². The molecule has 8 aromatic carbocycles. The van der Waals surface area contributed by atoms with Gasteiger partial charge in [0.15, 0.2) is 0 Å². The lowest BCUT2D eigenvalue weighted by atomic mass is 9.70. The van der Waals surface area contributed by atoms with Crippen LogP contribution in [0.5, 0.6) is 0 Å². The molecule has 1 nitrogen and oxygen atoms in total. The Morgan fingerprint density at radius 1 is 0.365 bits per heavy atom. The normalized spacial score (nSPS) is 16.9. The topological polar surface area (TPSA) is 3.24 Å². The Hall–Kier alpha value is -6.18. The van der Waals surface area contributed by atoms with Gasteiger partial charge in [0.05, 0.1) is 11.4 Å². The van der Waals surface area contributed by atoms with Crippen molar-refractivity contribution in [2.24, 2.45) is 0 Å². The summed E-state index contributed by atoms with van der Waals surface area (Å²) >= 11 is 0. The van der Waals surface area contributed by atoms with Crippen LogP contribution in [0.4, 0.5) is 17.1 Å². The lowest BCUT2D eigenvalue weighted by molar-refractivity contribution is 0.660. The predicted molar refractivity (Wildman–Crippen MR) is 218 cm³/mol. The van der Waals surface area contributed by atoms with Crippen LogP contribution in [0.3, 0.4) is 0 Å². The number of nitrogens with zero attached hydrogens (tertiary/aromatic N) is 1. The zero-order valence-corrected chi connectivity index (χ0v) is 29.6. The number of anilines is 3. The van der Waals surface area contributed by atoms with Gasteiger partial charge in [0.25, 0.3) is 0 Å². The van der Waals surface area contributed by atoms with Gasteiger partial charge in [-0.2, -0.15) is 0 Å². The molecule has 0 saturated heterocycles. The smallest absolute Gasteiger partial charge is 0.0512 e. The molecule has 1 aliphatic heterocycles. The van der Waals surface area contributed by atoms with Crippen LogP contribution in [-0.2, 0) is 10.8 Å². The summed E-state index contributed by atoms with van der Waals surface area (Å²) in [5.41, 5.74) is 20.6. The Labute approximate surface area is 305 Å². The number of fused-ring (bicyclic) bond motifs is 9. The summed E-state index contributed by atoms with van der Waals surface area (Å²) in [5, 5.41) is 2.53. The lowest BCUT2D eigenvalue weighted by Gasteiger charge is -2.42. The van der Waals surface area contributed by atoms with Gasteiger partial charge in [-0.1, -0.05) is 141 Å². The maximum atomic E-state index is 2.50. The molecule has 246 valence electrons. The molecule has 1 unspecified atom stereocenters. The molecule has 1 heterocycles. The van der Waals surface area contributed by atoms with Gasteiger partial charge in [-0.15, -0.1) is 0 Å². The van der Waals surface area contributed by atoms with E-state index in [-0.39, 0.29) is 10.8 Å². The van der Waals surface area contributed by atoms with Gasteiger partial charge < -0.3 is 4.90 Å². The van der Waals surface area contributed by atoms with Crippen molar-refractivity contribution in [2.45, 2.75) is 31.6 Å². The average molecular weight is 664 g/mol. The van der Waals surface area contributed by atoms with E-state index in [0.29, 0.717) is 0 Å². The Morgan fingerprint density at radius 3 is 1.75 bits per heavy atom. The molecule has 1 heteroatoms. The fourth-order valence-corrected chi connectivity index (χ4v) is 9.82. The van der Waals surface area contributed by atoms with Crippen molar-refractivity contribution in [3.8, 4) is 44.5 Å². The Bertz CT molecular complexity index is 2780. The molecule has 8 aromatic rings. The van der Waals surface area contributed by atoms with E-state index in [9.17, 15) is 0 Å². The first-order valence-electron chi connectivity index (χ1n) is 18.4. The summed E-state index contributed by atoms with van der Waals surface area (Å²) in [6.07, 6.45) is 0. The molecule has 0 radical (unpaired) electrons. The van der Waals surface area contributed by atoms with Crippen LogP contribution in [0.1, 0.15) is 48.6 Å². The summed E-state index contributed by atoms with van der Waals surface area (Å²) < 4.78 is 0. The highest BCUT2D eigenvalue weighted by molar-refractivity contribution is 5.98. The molecule has 0 spiro atoms. The van der Waals surface area contributed by atoms with Gasteiger partial charge in [-0.25, -0.2) is 0 Å². The number of hydrogen-bond donors (Lipinski definition) is 0. The predicted octanol–water partition coefficient (Wildman–Crippen LogP) is 13.6. The molecular formula is C51H37N. The summed E-state index contributed by atoms with van der Waals surface area (Å²) in [7, 11) is 0. The first-order chi connectivity index (χ1) is 25.4. The van der Waals surface area contributed by atoms with E-state index < -0.39 is 0 Å². The van der Waals surface area contributed by atoms with E-state index >= 15 is 0 Å². The van der Waals surface area contributed by atoms with E-state index in [1.165, 1.54) is 100 Å². The monoisotopic (exact) mass is 663 g/mol. The summed E-state index contributed by atoms with van der Waals surface area (Å²) in [6.45, 7) is 7.19. The van der Waals surface area contributed by atoms with E-state index in [2.05, 4.69) is 196 Å². The zero-order chi connectivity index (χ0) is 34.8. The van der Waals surface area contributed by atoms with Gasteiger partial charge >= 0.3 is 0 Å². The quantitative estimate of drug-likeness (QED) is 0.182. The van der Waals surface area contributed by atoms with Crippen molar-refractivity contribution in [1.82, 2.24) is 0 Å². The maximum Gasteiger partial charge on any atom is 0.0512 e. The third-order valence-electron chi connectivity index (χ3n) is 12.4. The highest BCUT2D eigenvalue weighted by atomic mass is 15.2. The van der Waals surface area contributed by atoms with Crippen molar-refractivity contribution in [1.29, 1.82) is 0 Å². The second-order valence-electron chi connectivity index (χ2n) is 15.5. The number of hydrogen-bond acceptors (Lipinski definition) is 1. The van der Waals surface area contributed by atoms with Gasteiger partial charge in [-0.3, -0.25) is 0 Å². The standard InChI is InChI=1S/C51H37N/c1-50(2)43-16-8-6-13-39(43)41-27-23-36(30-45(41)50)37-24-28-47-46(31-37)51(3)44-17-9-7-14-40(44)42-15-10-18-48(49(42)51)52(47)38-25-21-33(22-26-38)35-20-19-32-11-4-5-12-34(32)29-35/h4-31H,1-3H3. The first kappa shape index (κ1) is 29.5. The fraction of sp³-hybridized carbons (Fsp3) is 0.0980. The third kappa shape index (κ3) is 3.88. The van der Waals surface area contributed by atoms with Crippen molar-refractivity contribution < 1.29 is 0 Å². The van der Waals surface area contributed by atoms with E-state index in [1.54, 1.807) is 0 Å². The molecule has 2 aliphatic carbocycles. The van der Waals surface area contributed by atoms with Crippen molar-refractivity contribution in [3.63, 3.8) is 0 Å². The van der Waals surface area contributed by atoms with Crippen LogP contribution in [-0.4, -0.2) is 0 Å². The Balaban J connectivity index is 1.08. The minimum Gasteiger partial charge on any atom is -0.310 e. The first-order valence-corrected chi connectivity index (χ1v) is 18.4. The van der Waals surface area contributed by atoms with Crippen LogP contribution in [0.15, 0.2) is 170 Å². The minimum atomic E-state index is -0.290. The minimum absolute atomic E-state index is 0.0455. The van der Waals surface area contributed by atoms with Crippen LogP contribution in [0.2, 0.25) is 0 Å². The van der Waals surface area contributed by atoms with E-state index in [0.717, 1.165) is 0 Å². The van der Waals surface area contributed by atoms with Gasteiger partial charge in [-0.05, 0) is 132 Å². The zero-order valence-electron chi connectivity index (χ0n) is 29.6. The van der Waals surface area contributed by atoms with Crippen molar-refractivity contribution in [3.05, 3.63) is 198 Å². The van der Waals surface area contributed by atoms with E-state index in [1.807, 2.05) is 0 Å². The number of rotatable bonds is 3. The molecular weight excluding hydrogens is 627 g/mol. The Kier molecular flexibility index (Phi) is 5.93. The van der Waals surface area contributed by atoms with Crippen LogP contribution < -0.4 is 4.90 Å². The summed E-state index contributed by atoms with van der Waals surface area (Å²) in [4.78, 5) is 2.50. The molecule has 0 saturated carbocycles. The lowest BCUT2D eigenvalue weighted by Crippen LogP contribution is -2.32. The molecule has 0 aromatic heterocycles. The van der Waals surface area contributed by atoms with Gasteiger partial charge in [0.1, 0.15) is 0 Å². The molecule has 0 N–H and O–H groups in total. The maximum absolute atomic E-state index is 2.50. The molecule has 11 rings (SSSR count). The molecule has 52 heavy (non-hydrogen) atoms. The second-order valence-corrected chi connectivity index (χ2v) is 15.5. The highest BCUT2D eigenvalue weighted by Crippen LogP contribution is 2.62. The van der Waals surface area contributed by atoms with Crippen LogP contribution in [0.25, 0.3) is 55.3 Å². The average Bonchev–Trinajstić information content (AvgIpc) is 3.60. The van der Waals surface area contributed by atoms with Crippen molar-refractivity contribution in [2.75, 3.05) is 4.90 Å². The summed E-state index contributed by atoms with van der Waals surface area (Å²) in [6, 6.07) is 63.7. The second kappa shape index (κ2) is 10.4. The van der Waals surface area contributed by atoms with Gasteiger partial charge in [0.2, 0.25) is 0 Å². The Morgan fingerprint density at radius 2 is 0.942 bits per heavy atom. The molecule has 0 bridgehead atoms. The van der Waals surface area contributed by atoms with Crippen LogP contribution in [0, 0.1) is 0 Å². The SMILES string of the molecule is CC1(C)c2ccccc2-c2ccc(-c3ccc4c(c3)C3(C)c5ccccc5-c5cccc(c53)N4c3ccc(-c4ccc5ccccc5c4)cc3)cc21. The third-order valence-corrected chi connectivity index (χ3v) is 12.4. The largest absolute Gasteiger partial charge is 0.310 e. The molecule has 1 atom stereocenters. The molecule has 3 aliphatic rings. The van der Waals surface area contributed by atoms with Crippen molar-refractivity contribution >= 4 is 27.8 Å². The highest BCUT2D eigenvalue weighted by Gasteiger charge is 2.48. The molecule has 0 amide bonds. The van der Waals surface area contributed by atoms with E-state index in [4.69, 9.17) is 0 Å². The summed E-state index contributed by atoms with van der Waals surface area (Å²) in [5.74, 6) is 0. The number of benzene rings is 8.